The van der Waals surface area contributed by atoms with Crippen molar-refractivity contribution >= 4 is 23.3 Å². The molecule has 0 aliphatic heterocycles. The van der Waals surface area contributed by atoms with Crippen LogP contribution in [0.2, 0.25) is 0 Å². The summed E-state index contributed by atoms with van der Waals surface area (Å²) in [5.74, 6) is 0.745. The van der Waals surface area contributed by atoms with E-state index in [0.717, 1.165) is 18.5 Å². The lowest BCUT2D eigenvalue weighted by Gasteiger charge is -2.13. The smallest absolute Gasteiger partial charge is 0.253 e. The Morgan fingerprint density at radius 3 is 3.12 bits per heavy atom. The van der Waals surface area contributed by atoms with Crippen LogP contribution >= 0.6 is 11.8 Å². The minimum atomic E-state index is 0.164. The van der Waals surface area contributed by atoms with Crippen LogP contribution in [0.25, 0.3) is 5.78 Å². The normalized spacial score (nSPS) is 15.4. The number of carbonyl (C=O) groups is 1. The van der Waals surface area contributed by atoms with Gasteiger partial charge in [-0.25, -0.2) is 4.98 Å². The zero-order chi connectivity index (χ0) is 11.1. The lowest BCUT2D eigenvalue weighted by Crippen LogP contribution is -2.16. The summed E-state index contributed by atoms with van der Waals surface area (Å²) in [4.78, 5) is 20.1. The summed E-state index contributed by atoms with van der Waals surface area (Å²) in [5.41, 5.74) is 1.66. The van der Waals surface area contributed by atoms with E-state index in [9.17, 15) is 4.79 Å². The van der Waals surface area contributed by atoms with Gasteiger partial charge < -0.3 is 0 Å². The van der Waals surface area contributed by atoms with Crippen molar-refractivity contribution < 1.29 is 4.79 Å². The molecular weight excluding hydrogens is 224 g/mol. The number of Topliss-reactive ketones (excluding diaryl/α,β-unsaturated/α-hetero) is 1. The first-order valence-electron chi connectivity index (χ1n) is 5.11. The Morgan fingerprint density at radius 1 is 1.44 bits per heavy atom. The third-order valence-corrected chi connectivity index (χ3v) is 3.28. The maximum Gasteiger partial charge on any atom is 0.253 e. The zero-order valence-electron chi connectivity index (χ0n) is 8.80. The number of fused-ring (bicyclic) bond motifs is 3. The van der Waals surface area contributed by atoms with Crippen molar-refractivity contribution in [2.45, 2.75) is 24.4 Å². The number of aryl methyl sites for hydroxylation is 1. The molecule has 0 saturated heterocycles. The van der Waals surface area contributed by atoms with Gasteiger partial charge in [-0.05, 0) is 19.1 Å². The van der Waals surface area contributed by atoms with E-state index in [0.29, 0.717) is 22.9 Å². The fraction of sp³-hybridized carbons (Fsp3) is 0.400. The van der Waals surface area contributed by atoms with E-state index in [4.69, 9.17) is 0 Å². The van der Waals surface area contributed by atoms with Gasteiger partial charge in [0.15, 0.2) is 5.78 Å². The van der Waals surface area contributed by atoms with Crippen molar-refractivity contribution in [3.05, 3.63) is 17.5 Å². The standard InChI is InChI=1S/C10H10N4OS/c1-16-10-12-9-11-5-6-7(14(9)13-10)3-2-4-8(6)15/h5H,2-4H2,1H3. The number of hydrogen-bond acceptors (Lipinski definition) is 5. The second-order valence-electron chi connectivity index (χ2n) is 3.71. The van der Waals surface area contributed by atoms with E-state index >= 15 is 0 Å². The van der Waals surface area contributed by atoms with Crippen molar-refractivity contribution in [3.63, 3.8) is 0 Å². The summed E-state index contributed by atoms with van der Waals surface area (Å²) in [5, 5.41) is 5.03. The van der Waals surface area contributed by atoms with Gasteiger partial charge >= 0.3 is 0 Å². The first-order valence-corrected chi connectivity index (χ1v) is 6.34. The maximum absolute atomic E-state index is 11.7. The summed E-state index contributed by atoms with van der Waals surface area (Å²) < 4.78 is 1.71. The van der Waals surface area contributed by atoms with E-state index < -0.39 is 0 Å². The molecule has 0 N–H and O–H groups in total. The molecule has 82 valence electrons. The van der Waals surface area contributed by atoms with Gasteiger partial charge in [0.25, 0.3) is 5.78 Å². The molecule has 0 saturated carbocycles. The minimum Gasteiger partial charge on any atom is -0.294 e. The Bertz CT molecular complexity index is 577. The van der Waals surface area contributed by atoms with E-state index in [1.54, 1.807) is 10.7 Å². The molecule has 1 aliphatic rings. The van der Waals surface area contributed by atoms with Crippen molar-refractivity contribution in [2.24, 2.45) is 0 Å². The molecule has 2 heterocycles. The first kappa shape index (κ1) is 9.77. The van der Waals surface area contributed by atoms with Crippen LogP contribution in [0, 0.1) is 0 Å². The zero-order valence-corrected chi connectivity index (χ0v) is 9.62. The SMILES string of the molecule is CSc1nc2ncc3c(n2n1)CCCC3=O. The number of hydrogen-bond donors (Lipinski definition) is 0. The monoisotopic (exact) mass is 234 g/mol. The highest BCUT2D eigenvalue weighted by Crippen LogP contribution is 2.21. The average Bonchev–Trinajstić information content (AvgIpc) is 2.72. The molecule has 1 aliphatic carbocycles. The molecule has 0 aromatic carbocycles. The molecule has 0 spiro atoms. The van der Waals surface area contributed by atoms with Gasteiger partial charge in [0.1, 0.15) is 0 Å². The second-order valence-corrected chi connectivity index (χ2v) is 4.48. The summed E-state index contributed by atoms with van der Waals surface area (Å²) in [6.45, 7) is 0. The van der Waals surface area contributed by atoms with Crippen molar-refractivity contribution in [2.75, 3.05) is 6.26 Å². The fourth-order valence-corrected chi connectivity index (χ4v) is 2.31. The largest absolute Gasteiger partial charge is 0.294 e. The van der Waals surface area contributed by atoms with Crippen molar-refractivity contribution in [3.8, 4) is 0 Å². The molecule has 0 unspecified atom stereocenters. The Morgan fingerprint density at radius 2 is 2.31 bits per heavy atom. The van der Waals surface area contributed by atoms with Gasteiger partial charge in [-0.15, -0.1) is 5.10 Å². The third-order valence-electron chi connectivity index (χ3n) is 2.75. The molecule has 3 rings (SSSR count). The Hall–Kier alpha value is -1.43. The van der Waals surface area contributed by atoms with Crippen LogP contribution in [0.5, 0.6) is 0 Å². The van der Waals surface area contributed by atoms with Crippen LogP contribution in [0.1, 0.15) is 28.9 Å². The van der Waals surface area contributed by atoms with Gasteiger partial charge in [0.2, 0.25) is 5.16 Å². The highest BCUT2D eigenvalue weighted by atomic mass is 32.2. The van der Waals surface area contributed by atoms with Crippen LogP contribution in [-0.2, 0) is 6.42 Å². The van der Waals surface area contributed by atoms with Gasteiger partial charge in [-0.3, -0.25) is 4.79 Å². The molecule has 2 aromatic rings. The topological polar surface area (TPSA) is 60.1 Å². The van der Waals surface area contributed by atoms with Crippen molar-refractivity contribution in [1.82, 2.24) is 19.6 Å². The predicted octanol–water partition coefficient (Wildman–Crippen LogP) is 1.37. The number of nitrogens with zero attached hydrogens (tertiary/aromatic N) is 4. The third kappa shape index (κ3) is 1.33. The molecule has 0 atom stereocenters. The number of aromatic nitrogens is 4. The van der Waals surface area contributed by atoms with Crippen LogP contribution in [-0.4, -0.2) is 31.6 Å². The highest BCUT2D eigenvalue weighted by Gasteiger charge is 2.21. The quantitative estimate of drug-likeness (QED) is 0.697. The average molecular weight is 234 g/mol. The predicted molar refractivity (Wildman–Crippen MR) is 59.8 cm³/mol. The molecule has 0 bridgehead atoms. The molecule has 0 amide bonds. The van der Waals surface area contributed by atoms with Crippen molar-refractivity contribution in [1.29, 1.82) is 0 Å². The number of carbonyl (C=O) groups excluding carboxylic acids is 1. The molecule has 0 radical (unpaired) electrons. The van der Waals surface area contributed by atoms with Gasteiger partial charge in [-0.2, -0.15) is 9.50 Å². The minimum absolute atomic E-state index is 0.164. The lowest BCUT2D eigenvalue weighted by atomic mass is 9.96. The molecule has 2 aromatic heterocycles. The van der Waals surface area contributed by atoms with E-state index in [1.807, 2.05) is 6.26 Å². The number of ketones is 1. The fourth-order valence-electron chi connectivity index (χ4n) is 1.97. The second kappa shape index (κ2) is 3.55. The molecular formula is C10H10N4OS. The Balaban J connectivity index is 2.29. The molecule has 0 fully saturated rings. The van der Waals surface area contributed by atoms with Gasteiger partial charge in [0, 0.05) is 12.6 Å². The molecule has 16 heavy (non-hydrogen) atoms. The highest BCUT2D eigenvalue weighted by molar-refractivity contribution is 7.98. The number of rotatable bonds is 1. The van der Waals surface area contributed by atoms with Gasteiger partial charge in [-0.1, -0.05) is 11.8 Å². The van der Waals surface area contributed by atoms with E-state index in [1.165, 1.54) is 11.8 Å². The van der Waals surface area contributed by atoms with Crippen LogP contribution in [0.15, 0.2) is 11.4 Å². The summed E-state index contributed by atoms with van der Waals surface area (Å²) in [6.07, 6.45) is 5.93. The summed E-state index contributed by atoms with van der Waals surface area (Å²) >= 11 is 1.48. The first-order chi connectivity index (χ1) is 7.79. The Labute approximate surface area is 96.3 Å². The number of thioether (sulfide) groups is 1. The van der Waals surface area contributed by atoms with E-state index in [-0.39, 0.29) is 5.78 Å². The summed E-state index contributed by atoms with van der Waals surface area (Å²) in [6, 6.07) is 0. The lowest BCUT2D eigenvalue weighted by molar-refractivity contribution is 0.0970. The summed E-state index contributed by atoms with van der Waals surface area (Å²) in [7, 11) is 0. The van der Waals surface area contributed by atoms with E-state index in [2.05, 4.69) is 15.1 Å². The molecule has 6 heteroatoms. The Kier molecular flexibility index (Phi) is 2.17. The maximum atomic E-state index is 11.7. The van der Waals surface area contributed by atoms with Crippen LogP contribution in [0.3, 0.4) is 0 Å². The van der Waals surface area contributed by atoms with Gasteiger partial charge in [0.05, 0.1) is 11.3 Å². The van der Waals surface area contributed by atoms with Crippen LogP contribution in [0.4, 0.5) is 0 Å². The molecule has 5 nitrogen and oxygen atoms in total. The van der Waals surface area contributed by atoms with Crippen LogP contribution < -0.4 is 0 Å².